The number of pyridine rings is 1. The second-order valence-electron chi connectivity index (χ2n) is 5.19. The van der Waals surface area contributed by atoms with E-state index in [4.69, 9.17) is 15.5 Å². The lowest BCUT2D eigenvalue weighted by molar-refractivity contribution is 0.415. The highest BCUT2D eigenvalue weighted by molar-refractivity contribution is 5.94. The zero-order valence-corrected chi connectivity index (χ0v) is 12.7. The maximum Gasteiger partial charge on any atom is 0.121 e. The van der Waals surface area contributed by atoms with Crippen LogP contribution in [0.1, 0.15) is 17.7 Å². The molecule has 0 saturated heterocycles. The summed E-state index contributed by atoms with van der Waals surface area (Å²) in [5.41, 5.74) is 10.2. The second-order valence-corrected chi connectivity index (χ2v) is 5.19. The van der Waals surface area contributed by atoms with E-state index in [0.717, 1.165) is 35.2 Å². The summed E-state index contributed by atoms with van der Waals surface area (Å²) in [6.45, 7) is 2.77. The van der Waals surface area contributed by atoms with Gasteiger partial charge in [-0.05, 0) is 44.0 Å². The molecule has 0 amide bonds. The van der Waals surface area contributed by atoms with Crippen LogP contribution in [0.3, 0.4) is 0 Å². The van der Waals surface area contributed by atoms with E-state index in [9.17, 15) is 0 Å². The van der Waals surface area contributed by atoms with Gasteiger partial charge in [-0.15, -0.1) is 0 Å². The Morgan fingerprint density at radius 1 is 1.30 bits per heavy atom. The molecule has 2 aromatic rings. The van der Waals surface area contributed by atoms with Crippen LogP contribution in [0.15, 0.2) is 18.2 Å². The average molecular weight is 273 g/mol. The third kappa shape index (κ3) is 2.70. The van der Waals surface area contributed by atoms with E-state index in [1.54, 1.807) is 7.11 Å². The Bertz CT molecular complexity index is 608. The first-order chi connectivity index (χ1) is 9.58. The molecule has 0 atom stereocenters. The summed E-state index contributed by atoms with van der Waals surface area (Å²) in [4.78, 5) is 6.89. The van der Waals surface area contributed by atoms with Gasteiger partial charge >= 0.3 is 0 Å². The van der Waals surface area contributed by atoms with E-state index in [0.29, 0.717) is 6.54 Å². The Labute approximate surface area is 120 Å². The van der Waals surface area contributed by atoms with Crippen molar-refractivity contribution < 1.29 is 4.74 Å². The SMILES string of the molecule is COc1ccc2c(N(C)C)c(CCCN)c(C)nc2c1. The summed E-state index contributed by atoms with van der Waals surface area (Å²) in [7, 11) is 5.82. The van der Waals surface area contributed by atoms with Gasteiger partial charge in [-0.25, -0.2) is 0 Å². The van der Waals surface area contributed by atoms with E-state index >= 15 is 0 Å². The molecule has 1 heterocycles. The lowest BCUT2D eigenvalue weighted by Crippen LogP contribution is -2.14. The van der Waals surface area contributed by atoms with Crippen molar-refractivity contribution in [3.8, 4) is 5.75 Å². The van der Waals surface area contributed by atoms with Gasteiger partial charge in [0.25, 0.3) is 0 Å². The minimum Gasteiger partial charge on any atom is -0.497 e. The lowest BCUT2D eigenvalue weighted by Gasteiger charge is -2.22. The average Bonchev–Trinajstić information content (AvgIpc) is 2.43. The Morgan fingerprint density at radius 3 is 2.65 bits per heavy atom. The van der Waals surface area contributed by atoms with Crippen molar-refractivity contribution in [3.63, 3.8) is 0 Å². The van der Waals surface area contributed by atoms with E-state index < -0.39 is 0 Å². The van der Waals surface area contributed by atoms with Crippen molar-refractivity contribution in [2.24, 2.45) is 5.73 Å². The monoisotopic (exact) mass is 273 g/mol. The molecule has 4 nitrogen and oxygen atoms in total. The van der Waals surface area contributed by atoms with Crippen LogP contribution in [0.2, 0.25) is 0 Å². The number of hydrogen-bond acceptors (Lipinski definition) is 4. The quantitative estimate of drug-likeness (QED) is 0.909. The van der Waals surface area contributed by atoms with Gasteiger partial charge in [0, 0.05) is 31.2 Å². The number of benzene rings is 1. The maximum absolute atomic E-state index is 5.65. The molecule has 0 radical (unpaired) electrons. The minimum atomic E-state index is 0.701. The van der Waals surface area contributed by atoms with Gasteiger partial charge in [0.1, 0.15) is 5.75 Å². The zero-order chi connectivity index (χ0) is 14.7. The Kier molecular flexibility index (Phi) is 4.45. The molecular formula is C16H23N3O. The number of methoxy groups -OCH3 is 1. The van der Waals surface area contributed by atoms with Crippen LogP contribution >= 0.6 is 0 Å². The van der Waals surface area contributed by atoms with Gasteiger partial charge in [-0.1, -0.05) is 0 Å². The Hall–Kier alpha value is -1.81. The highest BCUT2D eigenvalue weighted by atomic mass is 16.5. The van der Waals surface area contributed by atoms with Crippen molar-refractivity contribution in [1.82, 2.24) is 4.98 Å². The fourth-order valence-electron chi connectivity index (χ4n) is 2.60. The van der Waals surface area contributed by atoms with Crippen molar-refractivity contribution >= 4 is 16.6 Å². The molecule has 0 aliphatic rings. The largest absolute Gasteiger partial charge is 0.497 e. The second kappa shape index (κ2) is 6.09. The first-order valence-corrected chi connectivity index (χ1v) is 6.93. The number of rotatable bonds is 5. The smallest absolute Gasteiger partial charge is 0.121 e. The molecule has 0 aliphatic heterocycles. The first-order valence-electron chi connectivity index (χ1n) is 6.93. The molecule has 108 valence electrons. The third-order valence-corrected chi connectivity index (χ3v) is 3.55. The number of nitrogens with two attached hydrogens (primary N) is 1. The summed E-state index contributed by atoms with van der Waals surface area (Å²) >= 11 is 0. The first kappa shape index (κ1) is 14.6. The van der Waals surface area contributed by atoms with Crippen LogP contribution in [0.5, 0.6) is 5.75 Å². The lowest BCUT2D eigenvalue weighted by atomic mass is 10.0. The zero-order valence-electron chi connectivity index (χ0n) is 12.7. The molecule has 20 heavy (non-hydrogen) atoms. The topological polar surface area (TPSA) is 51.4 Å². The van der Waals surface area contributed by atoms with E-state index in [2.05, 4.69) is 32.0 Å². The standard InChI is InChI=1S/C16H23N3O/c1-11-13(6-5-9-17)16(19(2)3)14-8-7-12(20-4)10-15(14)18-11/h7-8,10H,5-6,9,17H2,1-4H3. The molecule has 0 unspecified atom stereocenters. The van der Waals surface area contributed by atoms with E-state index in [1.807, 2.05) is 12.1 Å². The number of hydrogen-bond donors (Lipinski definition) is 1. The van der Waals surface area contributed by atoms with Gasteiger partial charge in [-0.3, -0.25) is 4.98 Å². The molecule has 0 aliphatic carbocycles. The van der Waals surface area contributed by atoms with Crippen molar-refractivity contribution in [1.29, 1.82) is 0 Å². The third-order valence-electron chi connectivity index (χ3n) is 3.55. The molecule has 2 rings (SSSR count). The minimum absolute atomic E-state index is 0.701. The van der Waals surface area contributed by atoms with Gasteiger partial charge < -0.3 is 15.4 Å². The molecule has 1 aromatic carbocycles. The maximum atomic E-state index is 5.65. The molecule has 4 heteroatoms. The molecule has 2 N–H and O–H groups in total. The summed E-state index contributed by atoms with van der Waals surface area (Å²) in [6.07, 6.45) is 1.94. The number of fused-ring (bicyclic) bond motifs is 1. The van der Waals surface area contributed by atoms with Crippen molar-refractivity contribution in [3.05, 3.63) is 29.5 Å². The van der Waals surface area contributed by atoms with Crippen LogP contribution in [0.25, 0.3) is 10.9 Å². The summed E-state index contributed by atoms with van der Waals surface area (Å²) in [6, 6.07) is 6.06. The van der Waals surface area contributed by atoms with Gasteiger partial charge in [0.2, 0.25) is 0 Å². The van der Waals surface area contributed by atoms with Gasteiger partial charge in [0.05, 0.1) is 18.3 Å². The fraction of sp³-hybridized carbons (Fsp3) is 0.438. The number of aromatic nitrogens is 1. The predicted octanol–water partition coefficient (Wildman–Crippen LogP) is 2.51. The van der Waals surface area contributed by atoms with Crippen LogP contribution in [-0.4, -0.2) is 32.7 Å². The van der Waals surface area contributed by atoms with E-state index in [-0.39, 0.29) is 0 Å². The van der Waals surface area contributed by atoms with Crippen LogP contribution in [0, 0.1) is 6.92 Å². The summed E-state index contributed by atoms with van der Waals surface area (Å²) in [5, 5.41) is 1.16. The molecule has 0 spiro atoms. The summed E-state index contributed by atoms with van der Waals surface area (Å²) < 4.78 is 5.29. The van der Waals surface area contributed by atoms with Crippen LogP contribution in [-0.2, 0) is 6.42 Å². The predicted molar refractivity (Wildman–Crippen MR) is 84.7 cm³/mol. The van der Waals surface area contributed by atoms with Gasteiger partial charge in [0.15, 0.2) is 0 Å². The van der Waals surface area contributed by atoms with Crippen LogP contribution < -0.4 is 15.4 Å². The molecular weight excluding hydrogens is 250 g/mol. The fourth-order valence-corrected chi connectivity index (χ4v) is 2.60. The number of ether oxygens (including phenoxy) is 1. The summed E-state index contributed by atoms with van der Waals surface area (Å²) in [5.74, 6) is 0.837. The molecule has 1 aromatic heterocycles. The van der Waals surface area contributed by atoms with Crippen molar-refractivity contribution in [2.75, 3.05) is 32.6 Å². The number of nitrogens with zero attached hydrogens (tertiary/aromatic N) is 2. The Balaban J connectivity index is 2.67. The highest BCUT2D eigenvalue weighted by Crippen LogP contribution is 2.33. The van der Waals surface area contributed by atoms with Gasteiger partial charge in [-0.2, -0.15) is 0 Å². The number of aryl methyl sites for hydroxylation is 1. The highest BCUT2D eigenvalue weighted by Gasteiger charge is 2.14. The molecule has 0 fully saturated rings. The molecule has 0 bridgehead atoms. The number of anilines is 1. The van der Waals surface area contributed by atoms with E-state index in [1.165, 1.54) is 11.3 Å². The van der Waals surface area contributed by atoms with Crippen molar-refractivity contribution in [2.45, 2.75) is 19.8 Å². The van der Waals surface area contributed by atoms with Crippen LogP contribution in [0.4, 0.5) is 5.69 Å². The Morgan fingerprint density at radius 2 is 2.05 bits per heavy atom. The normalized spacial score (nSPS) is 10.8. The molecule has 0 saturated carbocycles.